The normalized spacial score (nSPS) is 25.0. The van der Waals surface area contributed by atoms with Crippen molar-refractivity contribution >= 4 is 6.02 Å². The highest BCUT2D eigenvalue weighted by molar-refractivity contribution is 5.76. The van der Waals surface area contributed by atoms with Gasteiger partial charge in [-0.05, 0) is 23.1 Å². The van der Waals surface area contributed by atoms with Crippen molar-refractivity contribution in [3.63, 3.8) is 0 Å². The molecule has 0 radical (unpaired) electrons. The van der Waals surface area contributed by atoms with Gasteiger partial charge in [0.25, 0.3) is 6.02 Å². The van der Waals surface area contributed by atoms with Crippen LogP contribution in [0.4, 0.5) is 0 Å². The van der Waals surface area contributed by atoms with Crippen molar-refractivity contribution in [2.75, 3.05) is 14.2 Å². The van der Waals surface area contributed by atoms with Gasteiger partial charge in [-0.15, -0.1) is 0 Å². The van der Waals surface area contributed by atoms with Crippen LogP contribution in [0.5, 0.6) is 5.75 Å². The van der Waals surface area contributed by atoms with Gasteiger partial charge in [0, 0.05) is 7.05 Å². The third-order valence-corrected chi connectivity index (χ3v) is 3.40. The molecule has 104 valence electrons. The fourth-order valence-corrected chi connectivity index (χ4v) is 2.27. The molecular weight excluding hydrogens is 240 g/mol. The number of hydrogen-bond acceptors (Lipinski definition) is 3. The van der Waals surface area contributed by atoms with Crippen LogP contribution < -0.4 is 10.1 Å². The Bertz CT molecular complexity index is 460. The topological polar surface area (TPSA) is 42.9 Å². The van der Waals surface area contributed by atoms with Gasteiger partial charge in [-0.2, -0.15) is 0 Å². The van der Waals surface area contributed by atoms with E-state index >= 15 is 0 Å². The van der Waals surface area contributed by atoms with Crippen molar-refractivity contribution in [2.45, 2.75) is 32.9 Å². The van der Waals surface area contributed by atoms with E-state index < -0.39 is 0 Å². The van der Waals surface area contributed by atoms with Crippen LogP contribution in [0.25, 0.3) is 0 Å². The smallest absolute Gasteiger partial charge is 0.285 e. The highest BCUT2D eigenvalue weighted by Gasteiger charge is 2.41. The molecule has 4 nitrogen and oxygen atoms in total. The lowest BCUT2D eigenvalue weighted by Crippen LogP contribution is -2.39. The van der Waals surface area contributed by atoms with Gasteiger partial charge in [0.2, 0.25) is 0 Å². The van der Waals surface area contributed by atoms with Crippen molar-refractivity contribution < 1.29 is 9.47 Å². The molecule has 2 rings (SSSR count). The zero-order valence-electron chi connectivity index (χ0n) is 12.2. The van der Waals surface area contributed by atoms with Crippen LogP contribution in [-0.2, 0) is 4.74 Å². The summed E-state index contributed by atoms with van der Waals surface area (Å²) in [5.41, 5.74) is 1.21. The molecule has 0 aromatic heterocycles. The van der Waals surface area contributed by atoms with Crippen molar-refractivity contribution in [1.29, 1.82) is 0 Å². The van der Waals surface area contributed by atoms with Crippen LogP contribution in [0.3, 0.4) is 0 Å². The average molecular weight is 262 g/mol. The summed E-state index contributed by atoms with van der Waals surface area (Å²) in [7, 11) is 3.40. The van der Waals surface area contributed by atoms with Crippen molar-refractivity contribution in [1.82, 2.24) is 5.32 Å². The van der Waals surface area contributed by atoms with Crippen LogP contribution in [0.1, 0.15) is 32.4 Å². The number of nitrogens with one attached hydrogen (secondary N) is 1. The maximum Gasteiger partial charge on any atom is 0.285 e. The van der Waals surface area contributed by atoms with Crippen molar-refractivity contribution in [3.05, 3.63) is 29.8 Å². The van der Waals surface area contributed by atoms with E-state index in [1.165, 1.54) is 0 Å². The summed E-state index contributed by atoms with van der Waals surface area (Å²) in [6.07, 6.45) is -0.0235. The Labute approximate surface area is 114 Å². The average Bonchev–Trinajstić information content (AvgIpc) is 2.83. The quantitative estimate of drug-likeness (QED) is 0.891. The van der Waals surface area contributed by atoms with Gasteiger partial charge in [-0.25, -0.2) is 4.99 Å². The highest BCUT2D eigenvalue weighted by Crippen LogP contribution is 2.36. The lowest BCUT2D eigenvalue weighted by atomic mass is 9.82. The number of aliphatic imine (C=N–C) groups is 1. The molecule has 1 saturated heterocycles. The molecule has 1 aliphatic heterocycles. The summed E-state index contributed by atoms with van der Waals surface area (Å²) in [5.74, 6) is 0.853. The Kier molecular flexibility index (Phi) is 3.69. The standard InChI is InChI=1S/C15H22N2O2/c1-15(2,3)13-12(19-14(16-4)17-13)10-6-8-11(18-5)9-7-10/h6-9,12-13H,1-5H3,(H,16,17)/t12-,13-/m1/s1. The molecule has 1 aliphatic rings. The summed E-state index contributed by atoms with van der Waals surface area (Å²) >= 11 is 0. The Hall–Kier alpha value is -1.71. The van der Waals surface area contributed by atoms with Crippen LogP contribution in [0.15, 0.2) is 29.3 Å². The molecule has 1 N–H and O–H groups in total. The Balaban J connectivity index is 2.29. The fourth-order valence-electron chi connectivity index (χ4n) is 2.27. The van der Waals surface area contributed by atoms with Crippen LogP contribution in [0.2, 0.25) is 0 Å². The van der Waals surface area contributed by atoms with E-state index in [2.05, 4.69) is 31.1 Å². The van der Waals surface area contributed by atoms with E-state index in [0.717, 1.165) is 11.3 Å². The molecule has 0 amide bonds. The first-order chi connectivity index (χ1) is 8.95. The lowest BCUT2D eigenvalue weighted by Gasteiger charge is -2.29. The van der Waals surface area contributed by atoms with E-state index in [-0.39, 0.29) is 17.6 Å². The van der Waals surface area contributed by atoms with Crippen molar-refractivity contribution in [2.24, 2.45) is 10.4 Å². The largest absolute Gasteiger partial charge is 0.497 e. The summed E-state index contributed by atoms with van der Waals surface area (Å²) in [5, 5.41) is 3.35. The Morgan fingerprint density at radius 2 is 1.84 bits per heavy atom. The second-order valence-corrected chi connectivity index (χ2v) is 5.83. The molecular formula is C15H22N2O2. The van der Waals surface area contributed by atoms with E-state index in [1.54, 1.807) is 14.2 Å². The second-order valence-electron chi connectivity index (χ2n) is 5.83. The summed E-state index contributed by atoms with van der Waals surface area (Å²) < 4.78 is 11.1. The van der Waals surface area contributed by atoms with E-state index in [9.17, 15) is 0 Å². The first kappa shape index (κ1) is 13.7. The van der Waals surface area contributed by atoms with Gasteiger partial charge in [-0.3, -0.25) is 0 Å². The minimum Gasteiger partial charge on any atom is -0.497 e. The first-order valence-corrected chi connectivity index (χ1v) is 6.49. The highest BCUT2D eigenvalue weighted by atomic mass is 16.5. The second kappa shape index (κ2) is 5.11. The van der Waals surface area contributed by atoms with Crippen LogP contribution in [0, 0.1) is 5.41 Å². The molecule has 1 heterocycles. The van der Waals surface area contributed by atoms with Gasteiger partial charge >= 0.3 is 0 Å². The molecule has 1 aromatic rings. The maximum absolute atomic E-state index is 5.91. The molecule has 1 fully saturated rings. The van der Waals surface area contributed by atoms with Gasteiger partial charge < -0.3 is 14.8 Å². The molecule has 0 bridgehead atoms. The number of ether oxygens (including phenoxy) is 2. The Morgan fingerprint density at radius 3 is 2.32 bits per heavy atom. The third-order valence-electron chi connectivity index (χ3n) is 3.40. The number of amidine groups is 1. The molecule has 0 spiro atoms. The number of nitrogens with zero attached hydrogens (tertiary/aromatic N) is 1. The first-order valence-electron chi connectivity index (χ1n) is 6.49. The van der Waals surface area contributed by atoms with Crippen LogP contribution in [-0.4, -0.2) is 26.2 Å². The Morgan fingerprint density at radius 1 is 1.21 bits per heavy atom. The zero-order chi connectivity index (χ0) is 14.0. The molecule has 0 unspecified atom stereocenters. The van der Waals surface area contributed by atoms with Gasteiger partial charge in [-0.1, -0.05) is 32.9 Å². The molecule has 2 atom stereocenters. The van der Waals surface area contributed by atoms with E-state index in [0.29, 0.717) is 6.02 Å². The summed E-state index contributed by atoms with van der Waals surface area (Å²) in [4.78, 5) is 4.12. The van der Waals surface area contributed by atoms with Gasteiger partial charge in [0.15, 0.2) is 0 Å². The van der Waals surface area contributed by atoms with Crippen LogP contribution >= 0.6 is 0 Å². The number of methoxy groups -OCH3 is 1. The minimum absolute atomic E-state index is 0.0235. The summed E-state index contributed by atoms with van der Waals surface area (Å²) in [6.45, 7) is 6.59. The minimum atomic E-state index is -0.0235. The number of benzene rings is 1. The zero-order valence-corrected chi connectivity index (χ0v) is 12.2. The van der Waals surface area contributed by atoms with Crippen molar-refractivity contribution in [3.8, 4) is 5.75 Å². The fraction of sp³-hybridized carbons (Fsp3) is 0.533. The van der Waals surface area contributed by atoms with E-state index in [1.807, 2.05) is 24.3 Å². The van der Waals surface area contributed by atoms with Gasteiger partial charge in [0.1, 0.15) is 11.9 Å². The number of hydrogen-bond donors (Lipinski definition) is 1. The maximum atomic E-state index is 5.91. The van der Waals surface area contributed by atoms with E-state index in [4.69, 9.17) is 9.47 Å². The number of rotatable bonds is 2. The monoisotopic (exact) mass is 262 g/mol. The molecule has 0 aliphatic carbocycles. The molecule has 4 heteroatoms. The predicted octanol–water partition coefficient (Wildman–Crippen LogP) is 2.76. The molecule has 1 aromatic carbocycles. The molecule has 19 heavy (non-hydrogen) atoms. The molecule has 0 saturated carbocycles. The SMILES string of the molecule is CN=C1N[C@@H](C(C)(C)C)[C@@H](c2ccc(OC)cc2)O1. The lowest BCUT2D eigenvalue weighted by molar-refractivity contribution is 0.144. The predicted molar refractivity (Wildman–Crippen MR) is 76.6 cm³/mol. The summed E-state index contributed by atoms with van der Waals surface area (Å²) in [6, 6.07) is 8.81. The van der Waals surface area contributed by atoms with Gasteiger partial charge in [0.05, 0.1) is 13.2 Å². The third kappa shape index (κ3) is 2.83.